The molecule has 0 amide bonds. The standard InChI is InChI=1S/C14H24N2O3S2/c17-12-3-1-4-14(12)5-7-15-6-2-8-20-21-9-11(13(18)19)16-10-14/h11,15-16H,1-10H2,(H,18,19). The van der Waals surface area contributed by atoms with Crippen molar-refractivity contribution in [2.24, 2.45) is 5.41 Å². The predicted octanol–water partition coefficient (Wildman–Crippen LogP) is 1.53. The number of hydrogen-bond acceptors (Lipinski definition) is 6. The van der Waals surface area contributed by atoms with E-state index in [9.17, 15) is 14.7 Å². The lowest BCUT2D eigenvalue weighted by atomic mass is 9.81. The fraction of sp³-hybridized carbons (Fsp3) is 0.857. The van der Waals surface area contributed by atoms with Gasteiger partial charge in [0.2, 0.25) is 0 Å². The minimum absolute atomic E-state index is 0.304. The number of aliphatic carboxylic acids is 1. The van der Waals surface area contributed by atoms with Crippen LogP contribution in [0.2, 0.25) is 0 Å². The summed E-state index contributed by atoms with van der Waals surface area (Å²) in [4.78, 5) is 23.6. The number of carbonyl (C=O) groups is 2. The van der Waals surface area contributed by atoms with Crippen molar-refractivity contribution in [3.05, 3.63) is 0 Å². The molecule has 21 heavy (non-hydrogen) atoms. The summed E-state index contributed by atoms with van der Waals surface area (Å²) in [5, 5.41) is 15.9. The summed E-state index contributed by atoms with van der Waals surface area (Å²) >= 11 is 0. The monoisotopic (exact) mass is 332 g/mol. The third-order valence-corrected chi connectivity index (χ3v) is 6.81. The fourth-order valence-electron chi connectivity index (χ4n) is 2.95. The average molecular weight is 332 g/mol. The van der Waals surface area contributed by atoms with Crippen molar-refractivity contribution in [1.82, 2.24) is 10.6 Å². The van der Waals surface area contributed by atoms with Crippen LogP contribution in [-0.2, 0) is 9.59 Å². The predicted molar refractivity (Wildman–Crippen MR) is 87.7 cm³/mol. The number of carboxylic acid groups (broad SMARTS) is 1. The van der Waals surface area contributed by atoms with Gasteiger partial charge in [0, 0.05) is 29.9 Å². The molecule has 1 aliphatic heterocycles. The quantitative estimate of drug-likeness (QED) is 0.629. The number of hydrogen-bond donors (Lipinski definition) is 3. The van der Waals surface area contributed by atoms with Crippen molar-refractivity contribution in [3.8, 4) is 0 Å². The summed E-state index contributed by atoms with van der Waals surface area (Å²) in [6.45, 7) is 2.30. The molecule has 1 spiro atoms. The van der Waals surface area contributed by atoms with Gasteiger partial charge in [-0.1, -0.05) is 21.6 Å². The molecule has 2 aliphatic rings. The minimum Gasteiger partial charge on any atom is -0.480 e. The number of carbonyl (C=O) groups excluding carboxylic acids is 1. The zero-order valence-corrected chi connectivity index (χ0v) is 13.9. The molecule has 2 atom stereocenters. The van der Waals surface area contributed by atoms with E-state index >= 15 is 0 Å². The minimum atomic E-state index is -0.823. The molecule has 1 heterocycles. The first-order valence-corrected chi connectivity index (χ1v) is 10.1. The molecule has 1 saturated heterocycles. The van der Waals surface area contributed by atoms with Gasteiger partial charge in [-0.15, -0.1) is 0 Å². The van der Waals surface area contributed by atoms with Gasteiger partial charge < -0.3 is 15.7 Å². The smallest absolute Gasteiger partial charge is 0.321 e. The first kappa shape index (κ1) is 17.1. The number of ketones is 1. The number of carboxylic acids is 1. The Morgan fingerprint density at radius 3 is 2.81 bits per heavy atom. The van der Waals surface area contributed by atoms with Gasteiger partial charge in [0.05, 0.1) is 0 Å². The lowest BCUT2D eigenvalue weighted by molar-refractivity contribution is -0.139. The second-order valence-corrected chi connectivity index (χ2v) is 8.42. The molecule has 2 unspecified atom stereocenters. The highest BCUT2D eigenvalue weighted by Crippen LogP contribution is 2.37. The Morgan fingerprint density at radius 2 is 2.10 bits per heavy atom. The highest BCUT2D eigenvalue weighted by Gasteiger charge is 2.41. The molecule has 2 rings (SSSR count). The second kappa shape index (κ2) is 8.41. The van der Waals surface area contributed by atoms with E-state index in [1.807, 2.05) is 0 Å². The van der Waals surface area contributed by atoms with E-state index in [4.69, 9.17) is 0 Å². The van der Waals surface area contributed by atoms with Crippen molar-refractivity contribution in [1.29, 1.82) is 0 Å². The second-order valence-electron chi connectivity index (χ2n) is 5.79. The van der Waals surface area contributed by atoms with Crippen LogP contribution in [-0.4, -0.2) is 54.0 Å². The topological polar surface area (TPSA) is 78.4 Å². The molecule has 120 valence electrons. The molecule has 0 radical (unpaired) electrons. The highest BCUT2D eigenvalue weighted by atomic mass is 33.1. The van der Waals surface area contributed by atoms with E-state index in [1.54, 1.807) is 21.6 Å². The molecule has 0 aromatic heterocycles. The summed E-state index contributed by atoms with van der Waals surface area (Å²) in [7, 11) is 3.33. The van der Waals surface area contributed by atoms with Crippen molar-refractivity contribution < 1.29 is 14.7 Å². The van der Waals surface area contributed by atoms with Crippen molar-refractivity contribution in [3.63, 3.8) is 0 Å². The number of rotatable bonds is 1. The number of nitrogens with one attached hydrogen (secondary N) is 2. The maximum absolute atomic E-state index is 12.3. The molecule has 2 fully saturated rings. The van der Waals surface area contributed by atoms with Crippen molar-refractivity contribution in [2.75, 3.05) is 31.1 Å². The average Bonchev–Trinajstić information content (AvgIpc) is 2.81. The Bertz CT molecular complexity index is 381. The Hall–Kier alpha value is -0.240. The van der Waals surface area contributed by atoms with Crippen LogP contribution in [0, 0.1) is 5.41 Å². The van der Waals surface area contributed by atoms with Crippen LogP contribution in [0.4, 0.5) is 0 Å². The van der Waals surface area contributed by atoms with Gasteiger partial charge >= 0.3 is 5.97 Å². The van der Waals surface area contributed by atoms with Gasteiger partial charge in [0.15, 0.2) is 0 Å². The third kappa shape index (κ3) is 4.87. The SMILES string of the molecule is O=C(O)C1CSSCCCNCCC2(CCCC2=O)CN1. The van der Waals surface area contributed by atoms with Gasteiger partial charge in [0.1, 0.15) is 11.8 Å². The molecule has 3 N–H and O–H groups in total. The zero-order valence-electron chi connectivity index (χ0n) is 12.2. The van der Waals surface area contributed by atoms with E-state index in [0.717, 1.165) is 44.5 Å². The molecule has 0 bridgehead atoms. The Morgan fingerprint density at radius 1 is 1.24 bits per heavy atom. The Balaban J connectivity index is 2.03. The van der Waals surface area contributed by atoms with Gasteiger partial charge in [0.25, 0.3) is 0 Å². The van der Waals surface area contributed by atoms with E-state index in [-0.39, 0.29) is 5.41 Å². The molecular weight excluding hydrogens is 308 g/mol. The van der Waals surface area contributed by atoms with Crippen LogP contribution in [0.5, 0.6) is 0 Å². The molecule has 7 heteroatoms. The normalized spacial score (nSPS) is 33.1. The molecule has 5 nitrogen and oxygen atoms in total. The first-order chi connectivity index (χ1) is 10.1. The van der Waals surface area contributed by atoms with Gasteiger partial charge in [-0.05, 0) is 38.8 Å². The van der Waals surface area contributed by atoms with Crippen LogP contribution < -0.4 is 10.6 Å². The van der Waals surface area contributed by atoms with Crippen LogP contribution in [0.1, 0.15) is 32.1 Å². The highest BCUT2D eigenvalue weighted by molar-refractivity contribution is 8.76. The Labute approximate surface area is 133 Å². The third-order valence-electron chi connectivity index (χ3n) is 4.32. The molecule has 0 aromatic carbocycles. The van der Waals surface area contributed by atoms with E-state index in [0.29, 0.717) is 24.5 Å². The summed E-state index contributed by atoms with van der Waals surface area (Å²) in [5.74, 6) is 1.04. The van der Waals surface area contributed by atoms with Crippen LogP contribution in [0.25, 0.3) is 0 Å². The fourth-order valence-corrected chi connectivity index (χ4v) is 5.23. The number of Topliss-reactive ketones (excluding diaryl/α,β-unsaturated/α-hetero) is 1. The molecule has 1 aliphatic carbocycles. The largest absolute Gasteiger partial charge is 0.480 e. The van der Waals surface area contributed by atoms with Gasteiger partial charge in [-0.3, -0.25) is 9.59 Å². The van der Waals surface area contributed by atoms with Gasteiger partial charge in [-0.2, -0.15) is 0 Å². The van der Waals surface area contributed by atoms with E-state index in [2.05, 4.69) is 10.6 Å². The molecule has 1 saturated carbocycles. The summed E-state index contributed by atoms with van der Waals surface area (Å²) in [6, 6.07) is -0.568. The maximum atomic E-state index is 12.3. The molecule has 0 aromatic rings. The summed E-state index contributed by atoms with van der Waals surface area (Å²) < 4.78 is 0. The van der Waals surface area contributed by atoms with Crippen molar-refractivity contribution >= 4 is 33.3 Å². The van der Waals surface area contributed by atoms with Crippen LogP contribution in [0.15, 0.2) is 0 Å². The maximum Gasteiger partial charge on any atom is 0.321 e. The van der Waals surface area contributed by atoms with Crippen molar-refractivity contribution in [2.45, 2.75) is 38.1 Å². The van der Waals surface area contributed by atoms with Crippen LogP contribution in [0.3, 0.4) is 0 Å². The lowest BCUT2D eigenvalue weighted by Crippen LogP contribution is -2.47. The zero-order chi connectivity index (χ0) is 15.1. The lowest BCUT2D eigenvalue weighted by Gasteiger charge is -2.29. The van der Waals surface area contributed by atoms with Gasteiger partial charge in [-0.25, -0.2) is 0 Å². The first-order valence-electron chi connectivity index (χ1n) is 7.59. The van der Waals surface area contributed by atoms with E-state index in [1.165, 1.54) is 0 Å². The summed E-state index contributed by atoms with van der Waals surface area (Å²) in [6.07, 6.45) is 4.34. The molecular formula is C14H24N2O3S2. The van der Waals surface area contributed by atoms with E-state index < -0.39 is 12.0 Å². The summed E-state index contributed by atoms with van der Waals surface area (Å²) in [5.41, 5.74) is -0.355. The van der Waals surface area contributed by atoms with Crippen LogP contribution >= 0.6 is 21.6 Å². The Kier molecular flexibility index (Phi) is 6.85.